The number of thiophene rings is 1. The fraction of sp³-hybridized carbons (Fsp3) is 0.417. The van der Waals surface area contributed by atoms with Gasteiger partial charge in [-0.1, -0.05) is 6.07 Å². The second-order valence-corrected chi connectivity index (χ2v) is 5.80. The minimum absolute atomic E-state index is 0.348. The summed E-state index contributed by atoms with van der Waals surface area (Å²) in [5.41, 5.74) is 2.28. The Morgan fingerprint density at radius 2 is 2.35 bits per heavy atom. The third-order valence-corrected chi connectivity index (χ3v) is 4.91. The summed E-state index contributed by atoms with van der Waals surface area (Å²) < 4.78 is 3.08. The molecule has 1 N–H and O–H groups in total. The zero-order valence-corrected chi connectivity index (χ0v) is 12.6. The molecule has 92 valence electrons. The molecule has 0 saturated carbocycles. The topological polar surface area (TPSA) is 29.9 Å². The lowest BCUT2D eigenvalue weighted by atomic mass is 10.1. The van der Waals surface area contributed by atoms with Crippen LogP contribution in [0.15, 0.2) is 22.0 Å². The molecule has 5 heteroatoms. The van der Waals surface area contributed by atoms with Gasteiger partial charge in [0, 0.05) is 24.4 Å². The minimum Gasteiger partial charge on any atom is -0.312 e. The Balaban J connectivity index is 2.24. The molecule has 2 aromatic heterocycles. The highest BCUT2D eigenvalue weighted by molar-refractivity contribution is 9.10. The molecule has 1 unspecified atom stereocenters. The fourth-order valence-electron chi connectivity index (χ4n) is 1.93. The van der Waals surface area contributed by atoms with Gasteiger partial charge in [0.05, 0.1) is 15.9 Å². The van der Waals surface area contributed by atoms with Crippen LogP contribution < -0.4 is 5.32 Å². The lowest BCUT2D eigenvalue weighted by molar-refractivity contribution is 0.568. The van der Waals surface area contributed by atoms with E-state index >= 15 is 0 Å². The highest BCUT2D eigenvalue weighted by Crippen LogP contribution is 2.27. The van der Waals surface area contributed by atoms with Crippen molar-refractivity contribution < 1.29 is 0 Å². The molecule has 1 atom stereocenters. The van der Waals surface area contributed by atoms with E-state index in [9.17, 15) is 0 Å². The van der Waals surface area contributed by atoms with Crippen molar-refractivity contribution in [2.75, 3.05) is 7.05 Å². The Kier molecular flexibility index (Phi) is 4.01. The van der Waals surface area contributed by atoms with E-state index in [1.54, 1.807) is 11.3 Å². The number of hydrogen-bond donors (Lipinski definition) is 1. The number of aryl methyl sites for hydroxylation is 2. The molecule has 2 aromatic rings. The Bertz CT molecular complexity index is 490. The fourth-order valence-corrected chi connectivity index (χ4v) is 3.26. The molecule has 0 aliphatic rings. The maximum absolute atomic E-state index is 4.42. The molecule has 0 aliphatic carbocycles. The van der Waals surface area contributed by atoms with Crippen molar-refractivity contribution in [1.82, 2.24) is 15.1 Å². The van der Waals surface area contributed by atoms with E-state index in [2.05, 4.69) is 43.9 Å². The number of aromatic nitrogens is 2. The minimum atomic E-state index is 0.348. The molecular weight excluding hydrogens is 298 g/mol. The Morgan fingerprint density at radius 1 is 1.59 bits per heavy atom. The van der Waals surface area contributed by atoms with Crippen LogP contribution in [0.2, 0.25) is 0 Å². The summed E-state index contributed by atoms with van der Waals surface area (Å²) in [7, 11) is 4.00. The van der Waals surface area contributed by atoms with Crippen molar-refractivity contribution in [3.8, 4) is 0 Å². The monoisotopic (exact) mass is 313 g/mol. The van der Waals surface area contributed by atoms with Crippen molar-refractivity contribution in [1.29, 1.82) is 0 Å². The normalized spacial score (nSPS) is 12.9. The van der Waals surface area contributed by atoms with E-state index in [0.29, 0.717) is 6.04 Å². The average Bonchev–Trinajstić information content (AvgIpc) is 2.89. The van der Waals surface area contributed by atoms with E-state index in [-0.39, 0.29) is 0 Å². The largest absolute Gasteiger partial charge is 0.312 e. The molecule has 0 bridgehead atoms. The Hall–Kier alpha value is -0.650. The van der Waals surface area contributed by atoms with Gasteiger partial charge in [0.1, 0.15) is 0 Å². The Labute approximate surface area is 114 Å². The molecule has 0 saturated heterocycles. The van der Waals surface area contributed by atoms with E-state index in [4.69, 9.17) is 0 Å². The first-order valence-corrected chi connectivity index (χ1v) is 7.19. The lowest BCUT2D eigenvalue weighted by Crippen LogP contribution is -2.19. The maximum atomic E-state index is 4.42. The summed E-state index contributed by atoms with van der Waals surface area (Å²) in [6, 6.07) is 4.61. The van der Waals surface area contributed by atoms with Gasteiger partial charge in [0.15, 0.2) is 0 Å². The van der Waals surface area contributed by atoms with Crippen LogP contribution >= 0.6 is 27.3 Å². The summed E-state index contributed by atoms with van der Waals surface area (Å²) in [4.78, 5) is 1.36. The van der Waals surface area contributed by atoms with Gasteiger partial charge in [-0.25, -0.2) is 0 Å². The van der Waals surface area contributed by atoms with E-state index in [1.165, 1.54) is 10.6 Å². The van der Waals surface area contributed by atoms with Gasteiger partial charge in [0.25, 0.3) is 0 Å². The van der Waals surface area contributed by atoms with Gasteiger partial charge in [0.2, 0.25) is 0 Å². The zero-order valence-electron chi connectivity index (χ0n) is 10.2. The van der Waals surface area contributed by atoms with Crippen LogP contribution in [0.3, 0.4) is 0 Å². The first kappa shape index (κ1) is 12.8. The number of nitrogens with zero attached hydrogens (tertiary/aromatic N) is 2. The summed E-state index contributed by atoms with van der Waals surface area (Å²) in [5.74, 6) is 0. The molecule has 2 rings (SSSR count). The average molecular weight is 314 g/mol. The van der Waals surface area contributed by atoms with Crippen molar-refractivity contribution >= 4 is 27.3 Å². The van der Waals surface area contributed by atoms with Gasteiger partial charge >= 0.3 is 0 Å². The smallest absolute Gasteiger partial charge is 0.0738 e. The summed E-state index contributed by atoms with van der Waals surface area (Å²) in [6.07, 6.45) is 0.939. The summed E-state index contributed by atoms with van der Waals surface area (Å²) in [5, 5.41) is 9.90. The van der Waals surface area contributed by atoms with Crippen molar-refractivity contribution in [2.24, 2.45) is 7.05 Å². The van der Waals surface area contributed by atoms with E-state index < -0.39 is 0 Å². The molecule has 3 nitrogen and oxygen atoms in total. The molecule has 0 aromatic carbocycles. The number of rotatable bonds is 4. The zero-order chi connectivity index (χ0) is 12.4. The second-order valence-electron chi connectivity index (χ2n) is 4.03. The number of halogens is 1. The highest BCUT2D eigenvalue weighted by Gasteiger charge is 2.17. The lowest BCUT2D eigenvalue weighted by Gasteiger charge is -2.15. The number of likely N-dealkylation sites (N-methyl/N-ethyl adjacent to an activating group) is 1. The molecule has 0 amide bonds. The SMILES string of the molecule is CNC(Cc1c(Br)c(C)nn1C)c1cccs1. The van der Waals surface area contributed by atoms with Crippen LogP contribution in [-0.4, -0.2) is 16.8 Å². The van der Waals surface area contributed by atoms with Crippen LogP contribution in [0.5, 0.6) is 0 Å². The molecule has 17 heavy (non-hydrogen) atoms. The standard InChI is InChI=1S/C12H16BrN3S/c1-8-12(13)10(16(3)15-8)7-9(14-2)11-5-4-6-17-11/h4-6,9,14H,7H2,1-3H3. The van der Waals surface area contributed by atoms with Gasteiger partial charge in [-0.3, -0.25) is 4.68 Å². The predicted molar refractivity (Wildman–Crippen MR) is 75.5 cm³/mol. The van der Waals surface area contributed by atoms with Gasteiger partial charge in [-0.05, 0) is 41.3 Å². The molecule has 0 spiro atoms. The first-order valence-electron chi connectivity index (χ1n) is 5.52. The molecule has 0 radical (unpaired) electrons. The second kappa shape index (κ2) is 5.33. The number of hydrogen-bond acceptors (Lipinski definition) is 3. The van der Waals surface area contributed by atoms with Crippen molar-refractivity contribution in [3.05, 3.63) is 38.3 Å². The quantitative estimate of drug-likeness (QED) is 0.940. The van der Waals surface area contributed by atoms with Gasteiger partial charge < -0.3 is 5.32 Å². The molecule has 0 aliphatic heterocycles. The summed E-state index contributed by atoms with van der Waals surface area (Å²) in [6.45, 7) is 2.02. The first-order chi connectivity index (χ1) is 8.13. The van der Waals surface area contributed by atoms with Crippen LogP contribution in [0.4, 0.5) is 0 Å². The van der Waals surface area contributed by atoms with Crippen LogP contribution in [0.1, 0.15) is 22.3 Å². The maximum Gasteiger partial charge on any atom is 0.0738 e. The third kappa shape index (κ3) is 2.61. The van der Waals surface area contributed by atoms with Gasteiger partial charge in [-0.2, -0.15) is 5.10 Å². The number of nitrogens with one attached hydrogen (secondary N) is 1. The van der Waals surface area contributed by atoms with Gasteiger partial charge in [-0.15, -0.1) is 11.3 Å². The van der Waals surface area contributed by atoms with Crippen molar-refractivity contribution in [3.63, 3.8) is 0 Å². The van der Waals surface area contributed by atoms with Crippen molar-refractivity contribution in [2.45, 2.75) is 19.4 Å². The molecule has 0 fully saturated rings. The summed E-state index contributed by atoms with van der Waals surface area (Å²) >= 11 is 5.40. The molecular formula is C12H16BrN3S. The van der Waals surface area contributed by atoms with E-state index in [1.807, 2.05) is 25.7 Å². The highest BCUT2D eigenvalue weighted by atomic mass is 79.9. The predicted octanol–water partition coefficient (Wildman–Crippen LogP) is 3.06. The third-order valence-electron chi connectivity index (χ3n) is 2.89. The molecule has 2 heterocycles. The van der Waals surface area contributed by atoms with Crippen LogP contribution in [0.25, 0.3) is 0 Å². The van der Waals surface area contributed by atoms with E-state index in [0.717, 1.165) is 16.6 Å². The Morgan fingerprint density at radius 3 is 2.82 bits per heavy atom. The van der Waals surface area contributed by atoms with Crippen LogP contribution in [0, 0.1) is 6.92 Å². The van der Waals surface area contributed by atoms with Crippen LogP contribution in [-0.2, 0) is 13.5 Å².